The molecule has 0 aliphatic carbocycles. The smallest absolute Gasteiger partial charge is 0.273 e. The third kappa shape index (κ3) is 5.35. The molecule has 1 atom stereocenters. The number of para-hydroxylation sites is 1. The second kappa shape index (κ2) is 9.59. The number of likely N-dealkylation sites (N-methyl/N-ethyl adjacent to an activating group) is 1. The summed E-state index contributed by atoms with van der Waals surface area (Å²) < 4.78 is 13.2. The van der Waals surface area contributed by atoms with Crippen LogP contribution >= 0.6 is 0 Å². The monoisotopic (exact) mass is 387 g/mol. The van der Waals surface area contributed by atoms with Gasteiger partial charge in [-0.2, -0.15) is 0 Å². The Balaban J connectivity index is 2.29. The molecule has 7 nitrogen and oxygen atoms in total. The van der Waals surface area contributed by atoms with Crippen LogP contribution in [0.1, 0.15) is 25.0 Å². The minimum absolute atomic E-state index is 0.0814. The Labute approximate surface area is 162 Å². The molecule has 2 amide bonds. The summed E-state index contributed by atoms with van der Waals surface area (Å²) >= 11 is 0. The normalized spacial score (nSPS) is 11.5. The van der Waals surface area contributed by atoms with Gasteiger partial charge in [0.05, 0.1) is 11.3 Å². The predicted molar refractivity (Wildman–Crippen MR) is 102 cm³/mol. The Kier molecular flexibility index (Phi) is 7.20. The molecule has 0 aliphatic rings. The van der Waals surface area contributed by atoms with Gasteiger partial charge in [-0.1, -0.05) is 30.3 Å². The van der Waals surface area contributed by atoms with Crippen molar-refractivity contribution >= 4 is 17.5 Å². The van der Waals surface area contributed by atoms with Gasteiger partial charge in [-0.25, -0.2) is 4.39 Å². The molecule has 2 aromatic rings. The summed E-state index contributed by atoms with van der Waals surface area (Å²) in [5.74, 6) is -1.17. The number of hydrogen-bond donors (Lipinski definition) is 1. The zero-order chi connectivity index (χ0) is 20.7. The van der Waals surface area contributed by atoms with Crippen molar-refractivity contribution in [1.82, 2.24) is 10.2 Å². The van der Waals surface area contributed by atoms with Gasteiger partial charge in [0.1, 0.15) is 11.9 Å². The van der Waals surface area contributed by atoms with E-state index >= 15 is 0 Å². The van der Waals surface area contributed by atoms with Gasteiger partial charge in [-0.3, -0.25) is 19.7 Å². The maximum absolute atomic E-state index is 13.2. The number of carbonyl (C=O) groups excluding carboxylic acids is 2. The number of nitrogens with one attached hydrogen (secondary N) is 1. The van der Waals surface area contributed by atoms with Crippen LogP contribution in [0, 0.1) is 15.9 Å². The van der Waals surface area contributed by atoms with Crippen molar-refractivity contribution < 1.29 is 18.9 Å². The minimum Gasteiger partial charge on any atom is -0.355 e. The first kappa shape index (κ1) is 21.0. The molecular formula is C20H22FN3O4. The van der Waals surface area contributed by atoms with Crippen molar-refractivity contribution in [1.29, 1.82) is 0 Å². The number of amides is 2. The van der Waals surface area contributed by atoms with Crippen LogP contribution in [0.4, 0.5) is 10.1 Å². The van der Waals surface area contributed by atoms with Crippen molar-refractivity contribution in [2.24, 2.45) is 0 Å². The molecule has 0 bridgehead atoms. The maximum atomic E-state index is 13.2. The van der Waals surface area contributed by atoms with E-state index in [0.717, 1.165) is 0 Å². The summed E-state index contributed by atoms with van der Waals surface area (Å²) in [5.41, 5.74) is 0.765. The summed E-state index contributed by atoms with van der Waals surface area (Å²) in [7, 11) is 0. The standard InChI is InChI=1S/C20H22FN3O4/c1-3-22-20(26)14(2)23(13-15-8-10-17(21)11-9-15)19(25)12-16-6-4-5-7-18(16)24(27)28/h4-11,14H,3,12-13H2,1-2H3,(H,22,26)/t14-/m0/s1. The molecule has 1 N–H and O–H groups in total. The van der Waals surface area contributed by atoms with Gasteiger partial charge in [0.25, 0.3) is 5.69 Å². The molecule has 0 saturated heterocycles. The summed E-state index contributed by atoms with van der Waals surface area (Å²) in [5, 5.41) is 13.9. The van der Waals surface area contributed by atoms with Crippen LogP contribution in [0.25, 0.3) is 0 Å². The Morgan fingerprint density at radius 3 is 2.43 bits per heavy atom. The van der Waals surface area contributed by atoms with E-state index < -0.39 is 22.7 Å². The van der Waals surface area contributed by atoms with Crippen LogP contribution in [0.5, 0.6) is 0 Å². The molecule has 2 aromatic carbocycles. The summed E-state index contributed by atoms with van der Waals surface area (Å²) in [6, 6.07) is 10.8. The number of halogens is 1. The van der Waals surface area contributed by atoms with Crippen molar-refractivity contribution in [3.05, 3.63) is 75.6 Å². The third-order valence-corrected chi connectivity index (χ3v) is 4.31. The lowest BCUT2D eigenvalue weighted by Crippen LogP contribution is -2.48. The number of hydrogen-bond acceptors (Lipinski definition) is 4. The molecule has 0 fully saturated rings. The molecule has 148 valence electrons. The van der Waals surface area contributed by atoms with Crippen molar-refractivity contribution in [2.75, 3.05) is 6.54 Å². The van der Waals surface area contributed by atoms with Gasteiger partial charge < -0.3 is 10.2 Å². The quantitative estimate of drug-likeness (QED) is 0.557. The minimum atomic E-state index is -0.791. The molecule has 0 aromatic heterocycles. The fourth-order valence-corrected chi connectivity index (χ4v) is 2.79. The second-order valence-corrected chi connectivity index (χ2v) is 6.28. The number of benzene rings is 2. The van der Waals surface area contributed by atoms with Crippen LogP contribution in [-0.4, -0.2) is 34.2 Å². The van der Waals surface area contributed by atoms with E-state index in [2.05, 4.69) is 5.32 Å². The van der Waals surface area contributed by atoms with Gasteiger partial charge in [0.15, 0.2) is 0 Å². The largest absolute Gasteiger partial charge is 0.355 e. The Morgan fingerprint density at radius 2 is 1.82 bits per heavy atom. The summed E-state index contributed by atoms with van der Waals surface area (Å²) in [6.07, 6.45) is -0.220. The number of nitro groups is 1. The Bertz CT molecular complexity index is 855. The van der Waals surface area contributed by atoms with Crippen LogP contribution in [0.15, 0.2) is 48.5 Å². The van der Waals surface area contributed by atoms with Gasteiger partial charge in [-0.05, 0) is 31.5 Å². The topological polar surface area (TPSA) is 92.6 Å². The van der Waals surface area contributed by atoms with E-state index in [9.17, 15) is 24.1 Å². The number of nitrogens with zero attached hydrogens (tertiary/aromatic N) is 2. The van der Waals surface area contributed by atoms with Gasteiger partial charge in [0, 0.05) is 24.7 Å². The molecule has 0 spiro atoms. The molecule has 8 heteroatoms. The van der Waals surface area contributed by atoms with E-state index in [1.807, 2.05) is 0 Å². The van der Waals surface area contributed by atoms with Crippen LogP contribution in [0.3, 0.4) is 0 Å². The van der Waals surface area contributed by atoms with Crippen molar-refractivity contribution in [3.63, 3.8) is 0 Å². The molecule has 28 heavy (non-hydrogen) atoms. The molecule has 0 saturated carbocycles. The van der Waals surface area contributed by atoms with Crippen LogP contribution in [-0.2, 0) is 22.6 Å². The van der Waals surface area contributed by atoms with Gasteiger partial charge >= 0.3 is 0 Å². The van der Waals surface area contributed by atoms with E-state index in [1.54, 1.807) is 19.9 Å². The first-order chi connectivity index (χ1) is 13.3. The molecule has 0 radical (unpaired) electrons. The summed E-state index contributed by atoms with van der Waals surface area (Å²) in [4.78, 5) is 37.3. The van der Waals surface area contributed by atoms with E-state index in [1.165, 1.54) is 47.4 Å². The fraction of sp³-hybridized carbons (Fsp3) is 0.300. The molecule has 0 heterocycles. The molecule has 2 rings (SSSR count). The highest BCUT2D eigenvalue weighted by Gasteiger charge is 2.27. The molecule has 0 unspecified atom stereocenters. The summed E-state index contributed by atoms with van der Waals surface area (Å²) in [6.45, 7) is 3.85. The highest BCUT2D eigenvalue weighted by atomic mass is 19.1. The lowest BCUT2D eigenvalue weighted by atomic mass is 10.1. The average molecular weight is 387 g/mol. The van der Waals surface area contributed by atoms with Gasteiger partial charge in [-0.15, -0.1) is 0 Å². The second-order valence-electron chi connectivity index (χ2n) is 6.28. The SMILES string of the molecule is CCNC(=O)[C@H](C)N(Cc1ccc(F)cc1)C(=O)Cc1ccccc1[N+](=O)[O-]. The molecule has 0 aliphatic heterocycles. The van der Waals surface area contributed by atoms with Crippen molar-refractivity contribution in [3.8, 4) is 0 Å². The highest BCUT2D eigenvalue weighted by Crippen LogP contribution is 2.20. The van der Waals surface area contributed by atoms with Gasteiger partial charge in [0.2, 0.25) is 11.8 Å². The van der Waals surface area contributed by atoms with Crippen LogP contribution in [0.2, 0.25) is 0 Å². The van der Waals surface area contributed by atoms with E-state index in [0.29, 0.717) is 12.1 Å². The van der Waals surface area contributed by atoms with E-state index in [-0.39, 0.29) is 30.1 Å². The number of rotatable bonds is 8. The maximum Gasteiger partial charge on any atom is 0.273 e. The molecular weight excluding hydrogens is 365 g/mol. The highest BCUT2D eigenvalue weighted by molar-refractivity contribution is 5.88. The van der Waals surface area contributed by atoms with Crippen molar-refractivity contribution in [2.45, 2.75) is 32.9 Å². The Hall–Kier alpha value is -3.29. The fourth-order valence-electron chi connectivity index (χ4n) is 2.79. The first-order valence-electron chi connectivity index (χ1n) is 8.87. The predicted octanol–water partition coefficient (Wildman–Crippen LogP) is 2.83. The lowest BCUT2D eigenvalue weighted by molar-refractivity contribution is -0.385. The Morgan fingerprint density at radius 1 is 1.18 bits per heavy atom. The van der Waals surface area contributed by atoms with Crippen LogP contribution < -0.4 is 5.32 Å². The zero-order valence-electron chi connectivity index (χ0n) is 15.7. The lowest BCUT2D eigenvalue weighted by Gasteiger charge is -2.28. The average Bonchev–Trinajstić information content (AvgIpc) is 2.67. The zero-order valence-corrected chi connectivity index (χ0v) is 15.7. The number of nitro benzene ring substituents is 1. The third-order valence-electron chi connectivity index (χ3n) is 4.31. The number of carbonyl (C=O) groups is 2. The first-order valence-corrected chi connectivity index (χ1v) is 8.87. The van der Waals surface area contributed by atoms with E-state index in [4.69, 9.17) is 0 Å².